The number of urea groups is 1. The van der Waals surface area contributed by atoms with Crippen LogP contribution in [0, 0.1) is 5.82 Å². The number of halogens is 1. The van der Waals surface area contributed by atoms with Crippen LogP contribution in [0.1, 0.15) is 6.92 Å². The number of aromatic nitrogens is 1. The number of ether oxygens (including phenoxy) is 1. The summed E-state index contributed by atoms with van der Waals surface area (Å²) in [7, 11) is 0. The summed E-state index contributed by atoms with van der Waals surface area (Å²) in [5.41, 5.74) is 0.546. The third-order valence-electron chi connectivity index (χ3n) is 2.39. The average molecular weight is 275 g/mol. The Balaban J connectivity index is 2.01. The third kappa shape index (κ3) is 3.68. The normalized spacial score (nSPS) is 9.90. The fourth-order valence-electron chi connectivity index (χ4n) is 1.58. The van der Waals surface area contributed by atoms with Crippen LogP contribution in [-0.4, -0.2) is 17.6 Å². The zero-order valence-electron chi connectivity index (χ0n) is 10.9. The van der Waals surface area contributed by atoms with E-state index in [1.807, 2.05) is 6.92 Å². The van der Waals surface area contributed by atoms with Crippen molar-refractivity contribution in [2.75, 3.05) is 17.2 Å². The fourth-order valence-corrected chi connectivity index (χ4v) is 1.58. The lowest BCUT2D eigenvalue weighted by Gasteiger charge is -2.09. The van der Waals surface area contributed by atoms with Crippen LogP contribution in [0.15, 0.2) is 42.6 Å². The van der Waals surface area contributed by atoms with Crippen molar-refractivity contribution >= 4 is 17.5 Å². The number of pyridine rings is 1. The Bertz CT molecular complexity index is 604. The van der Waals surface area contributed by atoms with E-state index in [0.717, 1.165) is 0 Å². The molecule has 1 aromatic carbocycles. The summed E-state index contributed by atoms with van der Waals surface area (Å²) in [6, 6.07) is 9.01. The van der Waals surface area contributed by atoms with Gasteiger partial charge in [-0.1, -0.05) is 6.07 Å². The maximum Gasteiger partial charge on any atom is 0.324 e. The molecule has 104 valence electrons. The standard InChI is InChI=1S/C14H14FN3O2/c1-2-20-11-6-3-5-10(9-11)17-14(19)18-13-12(15)7-4-8-16-13/h3-9H,2H2,1H3,(H2,16,17,18,19). The molecule has 0 bridgehead atoms. The maximum atomic E-state index is 13.3. The molecule has 2 N–H and O–H groups in total. The van der Waals surface area contributed by atoms with Crippen LogP contribution in [-0.2, 0) is 0 Å². The zero-order chi connectivity index (χ0) is 14.4. The molecule has 0 fully saturated rings. The van der Waals surface area contributed by atoms with E-state index in [9.17, 15) is 9.18 Å². The topological polar surface area (TPSA) is 63.2 Å². The number of amides is 2. The number of benzene rings is 1. The summed E-state index contributed by atoms with van der Waals surface area (Å²) >= 11 is 0. The molecule has 0 aliphatic heterocycles. The Morgan fingerprint density at radius 3 is 2.90 bits per heavy atom. The van der Waals surface area contributed by atoms with Gasteiger partial charge in [0.05, 0.1) is 6.61 Å². The maximum absolute atomic E-state index is 13.3. The van der Waals surface area contributed by atoms with Gasteiger partial charge in [-0.3, -0.25) is 5.32 Å². The molecule has 0 saturated carbocycles. The first-order valence-electron chi connectivity index (χ1n) is 6.10. The monoisotopic (exact) mass is 275 g/mol. The van der Waals surface area contributed by atoms with Crippen LogP contribution >= 0.6 is 0 Å². The highest BCUT2D eigenvalue weighted by Gasteiger charge is 2.07. The summed E-state index contributed by atoms with van der Waals surface area (Å²) < 4.78 is 18.6. The molecule has 6 heteroatoms. The van der Waals surface area contributed by atoms with Crippen molar-refractivity contribution in [3.63, 3.8) is 0 Å². The van der Waals surface area contributed by atoms with E-state index >= 15 is 0 Å². The second-order valence-corrected chi connectivity index (χ2v) is 3.87. The van der Waals surface area contributed by atoms with Gasteiger partial charge in [0.25, 0.3) is 0 Å². The molecule has 0 atom stereocenters. The van der Waals surface area contributed by atoms with E-state index < -0.39 is 11.8 Å². The third-order valence-corrected chi connectivity index (χ3v) is 2.39. The number of hydrogen-bond donors (Lipinski definition) is 2. The van der Waals surface area contributed by atoms with Crippen molar-refractivity contribution in [3.05, 3.63) is 48.4 Å². The van der Waals surface area contributed by atoms with Crippen LogP contribution in [0.2, 0.25) is 0 Å². The molecule has 0 radical (unpaired) electrons. The number of nitrogens with zero attached hydrogens (tertiary/aromatic N) is 1. The molecule has 0 saturated heterocycles. The summed E-state index contributed by atoms with van der Waals surface area (Å²) in [6.07, 6.45) is 1.40. The lowest BCUT2D eigenvalue weighted by Crippen LogP contribution is -2.20. The molecule has 2 rings (SSSR count). The van der Waals surface area contributed by atoms with E-state index in [2.05, 4.69) is 15.6 Å². The SMILES string of the molecule is CCOc1cccc(NC(=O)Nc2ncccc2F)c1. The Morgan fingerprint density at radius 1 is 1.30 bits per heavy atom. The number of rotatable bonds is 4. The number of anilines is 2. The lowest BCUT2D eigenvalue weighted by atomic mass is 10.3. The molecule has 20 heavy (non-hydrogen) atoms. The second kappa shape index (κ2) is 6.51. The molecule has 1 heterocycles. The molecule has 0 aliphatic rings. The smallest absolute Gasteiger partial charge is 0.324 e. The number of nitrogens with one attached hydrogen (secondary N) is 2. The predicted molar refractivity (Wildman–Crippen MR) is 74.4 cm³/mol. The van der Waals surface area contributed by atoms with Crippen molar-refractivity contribution < 1.29 is 13.9 Å². The van der Waals surface area contributed by atoms with Gasteiger partial charge in [-0.05, 0) is 31.2 Å². The highest BCUT2D eigenvalue weighted by molar-refractivity contribution is 5.99. The van der Waals surface area contributed by atoms with E-state index in [1.165, 1.54) is 18.3 Å². The molecular formula is C14H14FN3O2. The van der Waals surface area contributed by atoms with Gasteiger partial charge < -0.3 is 10.1 Å². The van der Waals surface area contributed by atoms with Crippen molar-refractivity contribution in [1.82, 2.24) is 4.98 Å². The van der Waals surface area contributed by atoms with Gasteiger partial charge in [0, 0.05) is 18.0 Å². The Labute approximate surface area is 115 Å². The quantitative estimate of drug-likeness (QED) is 0.900. The molecule has 0 aliphatic carbocycles. The summed E-state index contributed by atoms with van der Waals surface area (Å²) in [4.78, 5) is 15.5. The molecule has 0 spiro atoms. The fraction of sp³-hybridized carbons (Fsp3) is 0.143. The molecule has 0 unspecified atom stereocenters. The van der Waals surface area contributed by atoms with E-state index in [0.29, 0.717) is 18.0 Å². The van der Waals surface area contributed by atoms with E-state index in [4.69, 9.17) is 4.74 Å². The van der Waals surface area contributed by atoms with E-state index in [1.54, 1.807) is 24.3 Å². The van der Waals surface area contributed by atoms with Gasteiger partial charge in [0.15, 0.2) is 11.6 Å². The van der Waals surface area contributed by atoms with Crippen LogP contribution in [0.3, 0.4) is 0 Å². The Kier molecular flexibility index (Phi) is 4.49. The Morgan fingerprint density at radius 2 is 2.15 bits per heavy atom. The minimum Gasteiger partial charge on any atom is -0.494 e. The van der Waals surface area contributed by atoms with Crippen LogP contribution in [0.5, 0.6) is 5.75 Å². The average Bonchev–Trinajstić information content (AvgIpc) is 2.42. The number of carbonyl (C=O) groups is 1. The predicted octanol–water partition coefficient (Wildman–Crippen LogP) is 3.26. The highest BCUT2D eigenvalue weighted by Crippen LogP contribution is 2.17. The van der Waals surface area contributed by atoms with Gasteiger partial charge in [0.2, 0.25) is 0 Å². The summed E-state index contributed by atoms with van der Waals surface area (Å²) in [5, 5.41) is 4.91. The molecule has 1 aromatic heterocycles. The van der Waals surface area contributed by atoms with Crippen LogP contribution in [0.4, 0.5) is 20.7 Å². The number of carbonyl (C=O) groups excluding carboxylic acids is 1. The second-order valence-electron chi connectivity index (χ2n) is 3.87. The zero-order valence-corrected chi connectivity index (χ0v) is 10.9. The van der Waals surface area contributed by atoms with Crippen LogP contribution in [0.25, 0.3) is 0 Å². The summed E-state index contributed by atoms with van der Waals surface area (Å²) in [6.45, 7) is 2.41. The molecule has 2 amide bonds. The van der Waals surface area contributed by atoms with Crippen molar-refractivity contribution in [2.24, 2.45) is 0 Å². The lowest BCUT2D eigenvalue weighted by molar-refractivity contribution is 0.262. The van der Waals surface area contributed by atoms with Gasteiger partial charge in [-0.25, -0.2) is 14.2 Å². The van der Waals surface area contributed by atoms with Crippen LogP contribution < -0.4 is 15.4 Å². The first-order valence-corrected chi connectivity index (χ1v) is 6.10. The highest BCUT2D eigenvalue weighted by atomic mass is 19.1. The van der Waals surface area contributed by atoms with Gasteiger partial charge >= 0.3 is 6.03 Å². The molecule has 5 nitrogen and oxygen atoms in total. The van der Waals surface area contributed by atoms with Crippen molar-refractivity contribution in [2.45, 2.75) is 6.92 Å². The van der Waals surface area contributed by atoms with Gasteiger partial charge in [-0.2, -0.15) is 0 Å². The van der Waals surface area contributed by atoms with Crippen molar-refractivity contribution in [1.29, 1.82) is 0 Å². The first-order chi connectivity index (χ1) is 9.69. The minimum absolute atomic E-state index is 0.119. The first kappa shape index (κ1) is 13.8. The molecule has 2 aromatic rings. The molecular weight excluding hydrogens is 261 g/mol. The van der Waals surface area contributed by atoms with Gasteiger partial charge in [-0.15, -0.1) is 0 Å². The van der Waals surface area contributed by atoms with Gasteiger partial charge in [0.1, 0.15) is 5.75 Å². The Hall–Kier alpha value is -2.63. The van der Waals surface area contributed by atoms with E-state index in [-0.39, 0.29) is 5.82 Å². The summed E-state index contributed by atoms with van der Waals surface area (Å²) in [5.74, 6) is -0.0639. The number of hydrogen-bond acceptors (Lipinski definition) is 3. The largest absolute Gasteiger partial charge is 0.494 e. The minimum atomic E-state index is -0.592. The van der Waals surface area contributed by atoms with Crippen molar-refractivity contribution in [3.8, 4) is 5.75 Å².